The molecule has 0 aliphatic carbocycles. The minimum absolute atomic E-state index is 0.0111. The molecule has 1 N–H and O–H groups in total. The van der Waals surface area contributed by atoms with E-state index >= 15 is 0 Å². The maximum Gasteiger partial charge on any atom is 0.328 e. The SMILES string of the molecule is CCOc1nc(Cl)nc(NC(C)C(=O)OC)n1. The summed E-state index contributed by atoms with van der Waals surface area (Å²) in [5.74, 6) is -0.272. The average Bonchev–Trinajstić information content (AvgIpc) is 2.27. The lowest BCUT2D eigenvalue weighted by atomic mass is 10.3. The van der Waals surface area contributed by atoms with Crippen LogP contribution in [0.25, 0.3) is 0 Å². The van der Waals surface area contributed by atoms with Gasteiger partial charge in [0.1, 0.15) is 6.04 Å². The zero-order valence-electron chi connectivity index (χ0n) is 9.73. The quantitative estimate of drug-likeness (QED) is 0.787. The normalized spacial score (nSPS) is 11.8. The first-order chi connectivity index (χ1) is 8.06. The average molecular weight is 261 g/mol. The van der Waals surface area contributed by atoms with Crippen LogP contribution in [0, 0.1) is 0 Å². The number of hydrogen-bond acceptors (Lipinski definition) is 7. The van der Waals surface area contributed by atoms with Gasteiger partial charge < -0.3 is 14.8 Å². The molecule has 94 valence electrons. The van der Waals surface area contributed by atoms with Gasteiger partial charge in [-0.2, -0.15) is 15.0 Å². The Kier molecular flexibility index (Phi) is 4.89. The van der Waals surface area contributed by atoms with Crippen LogP contribution in [0.5, 0.6) is 6.01 Å². The highest BCUT2D eigenvalue weighted by molar-refractivity contribution is 6.28. The number of nitrogens with one attached hydrogen (secondary N) is 1. The molecule has 1 rings (SSSR count). The predicted molar refractivity (Wildman–Crippen MR) is 61.1 cm³/mol. The number of aromatic nitrogens is 3. The molecule has 1 unspecified atom stereocenters. The molecule has 0 spiro atoms. The Morgan fingerprint density at radius 1 is 1.47 bits per heavy atom. The van der Waals surface area contributed by atoms with Gasteiger partial charge >= 0.3 is 12.0 Å². The summed E-state index contributed by atoms with van der Waals surface area (Å²) in [6, 6.07) is -0.486. The fraction of sp³-hybridized carbons (Fsp3) is 0.556. The molecule has 0 saturated carbocycles. The molecule has 8 heteroatoms. The number of anilines is 1. The lowest BCUT2D eigenvalue weighted by Gasteiger charge is -2.11. The third kappa shape index (κ3) is 4.03. The Hall–Kier alpha value is -1.63. The van der Waals surface area contributed by atoms with E-state index in [0.29, 0.717) is 6.61 Å². The van der Waals surface area contributed by atoms with Crippen molar-refractivity contribution in [3.05, 3.63) is 5.28 Å². The first-order valence-corrected chi connectivity index (χ1v) is 5.33. The molecule has 0 aliphatic heterocycles. The molecule has 0 radical (unpaired) electrons. The summed E-state index contributed by atoms with van der Waals surface area (Å²) in [5.41, 5.74) is 0. The molecule has 0 aliphatic rings. The summed E-state index contributed by atoms with van der Waals surface area (Å²) in [6.45, 7) is 3.82. The number of hydrogen-bond donors (Lipinski definition) is 1. The summed E-state index contributed by atoms with van der Waals surface area (Å²) in [7, 11) is 1.30. The van der Waals surface area contributed by atoms with Crippen molar-refractivity contribution in [1.29, 1.82) is 0 Å². The van der Waals surface area contributed by atoms with Crippen LogP contribution in [0.1, 0.15) is 13.8 Å². The van der Waals surface area contributed by atoms with Crippen LogP contribution < -0.4 is 10.1 Å². The number of methoxy groups -OCH3 is 1. The van der Waals surface area contributed by atoms with Gasteiger partial charge in [-0.05, 0) is 25.4 Å². The van der Waals surface area contributed by atoms with Gasteiger partial charge in [-0.25, -0.2) is 4.79 Å². The van der Waals surface area contributed by atoms with Crippen LogP contribution in [0.2, 0.25) is 5.28 Å². The zero-order chi connectivity index (χ0) is 12.8. The van der Waals surface area contributed by atoms with Crippen molar-refractivity contribution in [2.75, 3.05) is 19.0 Å². The van der Waals surface area contributed by atoms with E-state index in [9.17, 15) is 4.79 Å². The molecule has 1 aromatic heterocycles. The lowest BCUT2D eigenvalue weighted by molar-refractivity contribution is -0.141. The molecule has 7 nitrogen and oxygen atoms in total. The van der Waals surface area contributed by atoms with Gasteiger partial charge in [0, 0.05) is 0 Å². The molecule has 0 saturated heterocycles. The molecule has 0 aromatic carbocycles. The topological polar surface area (TPSA) is 86.2 Å². The van der Waals surface area contributed by atoms with E-state index in [1.807, 2.05) is 0 Å². The van der Waals surface area contributed by atoms with E-state index < -0.39 is 12.0 Å². The molecular weight excluding hydrogens is 248 g/mol. The first-order valence-electron chi connectivity index (χ1n) is 4.95. The second-order valence-electron chi connectivity index (χ2n) is 3.03. The second kappa shape index (κ2) is 6.19. The molecule has 17 heavy (non-hydrogen) atoms. The number of halogens is 1. The Labute approximate surface area is 104 Å². The van der Waals surface area contributed by atoms with Gasteiger partial charge in [-0.3, -0.25) is 0 Å². The number of ether oxygens (including phenoxy) is 2. The summed E-state index contributed by atoms with van der Waals surface area (Å²) in [5, 5.41) is 2.72. The minimum Gasteiger partial charge on any atom is -0.467 e. The van der Waals surface area contributed by atoms with Crippen molar-refractivity contribution >= 4 is 23.5 Å². The highest BCUT2D eigenvalue weighted by Crippen LogP contribution is 2.12. The van der Waals surface area contributed by atoms with Crippen LogP contribution >= 0.6 is 11.6 Å². The van der Waals surface area contributed by atoms with Gasteiger partial charge in [0.15, 0.2) is 0 Å². The fourth-order valence-corrected chi connectivity index (χ4v) is 1.17. The third-order valence-electron chi connectivity index (χ3n) is 1.76. The van der Waals surface area contributed by atoms with E-state index in [4.69, 9.17) is 16.3 Å². The van der Waals surface area contributed by atoms with Gasteiger partial charge in [-0.15, -0.1) is 0 Å². The highest BCUT2D eigenvalue weighted by atomic mass is 35.5. The van der Waals surface area contributed by atoms with E-state index in [1.165, 1.54) is 7.11 Å². The summed E-state index contributed by atoms with van der Waals surface area (Å²) in [6.07, 6.45) is 0. The standard InChI is InChI=1S/C9H13ClN4O3/c1-4-17-9-13-7(10)12-8(14-9)11-5(2)6(15)16-3/h5H,4H2,1-3H3,(H,11,12,13,14). The Morgan fingerprint density at radius 3 is 2.76 bits per heavy atom. The molecule has 0 bridgehead atoms. The van der Waals surface area contributed by atoms with E-state index in [0.717, 1.165) is 0 Å². The van der Waals surface area contributed by atoms with Crippen LogP contribution in [0.3, 0.4) is 0 Å². The van der Waals surface area contributed by atoms with Crippen molar-refractivity contribution in [3.63, 3.8) is 0 Å². The summed E-state index contributed by atoms with van der Waals surface area (Å²) >= 11 is 5.68. The molecule has 1 heterocycles. The van der Waals surface area contributed by atoms with Crippen molar-refractivity contribution in [2.24, 2.45) is 0 Å². The third-order valence-corrected chi connectivity index (χ3v) is 1.93. The molecule has 1 atom stereocenters. The molecule has 0 amide bonds. The smallest absolute Gasteiger partial charge is 0.328 e. The Balaban J connectivity index is 2.80. The van der Waals surface area contributed by atoms with Crippen molar-refractivity contribution in [3.8, 4) is 6.01 Å². The molecule has 1 aromatic rings. The van der Waals surface area contributed by atoms with Gasteiger partial charge in [-0.1, -0.05) is 0 Å². The number of rotatable bonds is 5. The van der Waals surface area contributed by atoms with Crippen molar-refractivity contribution in [1.82, 2.24) is 15.0 Å². The largest absolute Gasteiger partial charge is 0.467 e. The first kappa shape index (κ1) is 13.4. The van der Waals surface area contributed by atoms with Gasteiger partial charge in [0.25, 0.3) is 0 Å². The highest BCUT2D eigenvalue weighted by Gasteiger charge is 2.15. The van der Waals surface area contributed by atoms with Crippen LogP contribution in [0.15, 0.2) is 0 Å². The summed E-state index contributed by atoms with van der Waals surface area (Å²) in [4.78, 5) is 22.7. The number of nitrogens with zero attached hydrogens (tertiary/aromatic N) is 3. The zero-order valence-corrected chi connectivity index (χ0v) is 10.5. The van der Waals surface area contributed by atoms with E-state index in [-0.39, 0.29) is 17.2 Å². The fourth-order valence-electron chi connectivity index (χ4n) is 1.02. The maximum atomic E-state index is 11.2. The number of carbonyl (C=O) groups excluding carboxylic acids is 1. The predicted octanol–water partition coefficient (Wildman–Crippen LogP) is 0.897. The van der Waals surface area contributed by atoms with Gasteiger partial charge in [0.05, 0.1) is 13.7 Å². The lowest BCUT2D eigenvalue weighted by Crippen LogP contribution is -2.28. The second-order valence-corrected chi connectivity index (χ2v) is 3.37. The van der Waals surface area contributed by atoms with Crippen molar-refractivity contribution in [2.45, 2.75) is 19.9 Å². The molecule has 0 fully saturated rings. The molecular formula is C9H13ClN4O3. The Bertz CT molecular complexity index is 402. The van der Waals surface area contributed by atoms with Crippen molar-refractivity contribution < 1.29 is 14.3 Å². The van der Waals surface area contributed by atoms with Crippen LogP contribution in [-0.4, -0.2) is 40.7 Å². The van der Waals surface area contributed by atoms with E-state index in [1.54, 1.807) is 13.8 Å². The number of carbonyl (C=O) groups is 1. The monoisotopic (exact) mass is 260 g/mol. The Morgan fingerprint density at radius 2 is 2.18 bits per heavy atom. The summed E-state index contributed by atoms with van der Waals surface area (Å²) < 4.78 is 9.65. The van der Waals surface area contributed by atoms with E-state index in [2.05, 4.69) is 25.0 Å². The minimum atomic E-state index is -0.590. The number of esters is 1. The maximum absolute atomic E-state index is 11.2. The van der Waals surface area contributed by atoms with Crippen LogP contribution in [-0.2, 0) is 9.53 Å². The van der Waals surface area contributed by atoms with Gasteiger partial charge in [0.2, 0.25) is 11.2 Å². The van der Waals surface area contributed by atoms with Crippen LogP contribution in [0.4, 0.5) is 5.95 Å².